The Kier molecular flexibility index (Phi) is 19.6. The number of nitrogens with zero attached hydrogens (tertiary/aromatic N) is 1. The Morgan fingerprint density at radius 1 is 0.977 bits per heavy atom. The zero-order valence-electron chi connectivity index (χ0n) is 26.8. The fourth-order valence-corrected chi connectivity index (χ4v) is 6.01. The second-order valence-corrected chi connectivity index (χ2v) is 13.4. The number of halogens is 1. The largest absolute Gasteiger partial charge is 0.472 e. The second-order valence-electron chi connectivity index (χ2n) is 11.9. The summed E-state index contributed by atoms with van der Waals surface area (Å²) in [5.74, 6) is 0. The Balaban J connectivity index is 1.50. The lowest BCUT2D eigenvalue weighted by Crippen LogP contribution is -2.33. The van der Waals surface area contributed by atoms with Crippen LogP contribution in [0.3, 0.4) is 0 Å². The minimum atomic E-state index is -4.59. The maximum absolute atomic E-state index is 14.5. The molecule has 1 aliphatic rings. The predicted molar refractivity (Wildman–Crippen MR) is 168 cm³/mol. The first-order valence-electron chi connectivity index (χ1n) is 16.6. The number of aliphatic hydroxyl groups excluding tert-OH is 1. The van der Waals surface area contributed by atoms with Gasteiger partial charge in [0.1, 0.15) is 24.6 Å². The molecule has 1 aliphatic heterocycles. The lowest BCUT2D eigenvalue weighted by atomic mass is 10.0. The molecule has 2 heterocycles. The van der Waals surface area contributed by atoms with Crippen LogP contribution in [0.25, 0.3) is 0 Å². The molecule has 1 aromatic heterocycles. The van der Waals surface area contributed by atoms with Crippen LogP contribution in [0.4, 0.5) is 4.39 Å². The summed E-state index contributed by atoms with van der Waals surface area (Å²) in [5, 5.41) is 9.55. The van der Waals surface area contributed by atoms with E-state index in [-0.39, 0.29) is 18.6 Å². The molecule has 5 unspecified atom stereocenters. The van der Waals surface area contributed by atoms with E-state index in [4.69, 9.17) is 18.5 Å². The van der Waals surface area contributed by atoms with Crippen LogP contribution >= 0.6 is 7.82 Å². The van der Waals surface area contributed by atoms with Crippen molar-refractivity contribution < 1.29 is 37.5 Å². The number of rotatable bonds is 26. The van der Waals surface area contributed by atoms with Gasteiger partial charge in [0, 0.05) is 24.8 Å². The van der Waals surface area contributed by atoms with Gasteiger partial charge in [-0.15, -0.1) is 0 Å². The number of phosphoric acid groups is 1. The number of phosphoric ester groups is 1. The van der Waals surface area contributed by atoms with Crippen LogP contribution in [0, 0.1) is 6.92 Å². The summed E-state index contributed by atoms with van der Waals surface area (Å²) in [6.45, 7) is 2.79. The molecule has 11 nitrogen and oxygen atoms in total. The van der Waals surface area contributed by atoms with Crippen molar-refractivity contribution in [3.05, 3.63) is 32.6 Å². The molecule has 44 heavy (non-hydrogen) atoms. The Hall–Kier alpha value is -1.40. The van der Waals surface area contributed by atoms with Gasteiger partial charge in [0.15, 0.2) is 0 Å². The molecule has 1 aromatic rings. The van der Waals surface area contributed by atoms with Gasteiger partial charge in [-0.25, -0.2) is 13.8 Å². The predicted octanol–water partition coefficient (Wildman–Crippen LogP) is 6.24. The molecular weight excluding hydrogens is 594 g/mol. The summed E-state index contributed by atoms with van der Waals surface area (Å²) in [6.07, 6.45) is 16.8. The van der Waals surface area contributed by atoms with Crippen molar-refractivity contribution in [2.24, 2.45) is 0 Å². The number of aliphatic hydroxyl groups is 1. The Labute approximate surface area is 261 Å². The summed E-state index contributed by atoms with van der Waals surface area (Å²) in [5.41, 5.74) is -1.04. The number of hydrogen-bond donors (Lipinski definition) is 3. The summed E-state index contributed by atoms with van der Waals surface area (Å²) in [6, 6.07) is 0. The van der Waals surface area contributed by atoms with Crippen molar-refractivity contribution >= 4 is 7.82 Å². The van der Waals surface area contributed by atoms with Gasteiger partial charge in [0.2, 0.25) is 0 Å². The highest BCUT2D eigenvalue weighted by Gasteiger charge is 2.39. The topological polar surface area (TPSA) is 149 Å². The van der Waals surface area contributed by atoms with Crippen molar-refractivity contribution in [3.8, 4) is 0 Å². The van der Waals surface area contributed by atoms with Crippen molar-refractivity contribution in [2.75, 3.05) is 26.4 Å². The quantitative estimate of drug-likeness (QED) is 0.0782. The molecule has 2 rings (SSSR count). The highest BCUT2D eigenvalue weighted by molar-refractivity contribution is 7.47. The van der Waals surface area contributed by atoms with Gasteiger partial charge < -0.3 is 19.5 Å². The smallest absolute Gasteiger partial charge is 0.394 e. The van der Waals surface area contributed by atoms with Gasteiger partial charge in [-0.1, -0.05) is 103 Å². The number of aromatic amines is 1. The first-order valence-corrected chi connectivity index (χ1v) is 18.1. The first kappa shape index (κ1) is 38.8. The van der Waals surface area contributed by atoms with Gasteiger partial charge in [0.05, 0.1) is 19.8 Å². The zero-order chi connectivity index (χ0) is 32.2. The average Bonchev–Trinajstić information content (AvgIpc) is 3.37. The van der Waals surface area contributed by atoms with E-state index in [1.54, 1.807) is 0 Å². The Morgan fingerprint density at radius 2 is 1.52 bits per heavy atom. The number of hydrogen-bond acceptors (Lipinski definition) is 8. The fraction of sp³-hybridized carbons (Fsp3) is 0.871. The number of ether oxygens (including phenoxy) is 2. The minimum Gasteiger partial charge on any atom is -0.394 e. The van der Waals surface area contributed by atoms with E-state index in [1.165, 1.54) is 96.6 Å². The number of unbranched alkanes of at least 4 members (excludes halogenated alkanes) is 15. The van der Waals surface area contributed by atoms with Crippen LogP contribution < -0.4 is 11.2 Å². The Morgan fingerprint density at radius 3 is 2.07 bits per heavy atom. The molecule has 0 radical (unpaired) electrons. The normalized spacial score (nSPS) is 20.6. The van der Waals surface area contributed by atoms with Gasteiger partial charge >= 0.3 is 13.5 Å². The van der Waals surface area contributed by atoms with Gasteiger partial charge in [-0.3, -0.25) is 23.4 Å². The molecule has 1 fully saturated rings. The summed E-state index contributed by atoms with van der Waals surface area (Å²) >= 11 is 0. The van der Waals surface area contributed by atoms with Gasteiger partial charge in [0.25, 0.3) is 5.56 Å². The van der Waals surface area contributed by atoms with Crippen LogP contribution in [-0.4, -0.2) is 64.4 Å². The zero-order valence-corrected chi connectivity index (χ0v) is 27.7. The summed E-state index contributed by atoms with van der Waals surface area (Å²) in [4.78, 5) is 35.8. The van der Waals surface area contributed by atoms with E-state index >= 15 is 0 Å². The molecule has 13 heteroatoms. The summed E-state index contributed by atoms with van der Waals surface area (Å²) in [7, 11) is -4.59. The molecule has 0 saturated carbocycles. The fourth-order valence-electron chi connectivity index (χ4n) is 5.25. The van der Waals surface area contributed by atoms with E-state index < -0.39 is 56.9 Å². The Bertz CT molecular complexity index is 1070. The highest BCUT2D eigenvalue weighted by atomic mass is 31.2. The maximum atomic E-state index is 14.5. The lowest BCUT2D eigenvalue weighted by molar-refractivity contribution is -0.0442. The van der Waals surface area contributed by atoms with E-state index in [2.05, 4.69) is 11.9 Å². The molecule has 0 spiro atoms. The number of aryl methyl sites for hydroxylation is 1. The van der Waals surface area contributed by atoms with Gasteiger partial charge in [-0.05, 0) is 13.3 Å². The number of H-pyrrole nitrogens is 1. The minimum absolute atomic E-state index is 0.199. The van der Waals surface area contributed by atoms with E-state index in [1.807, 2.05) is 0 Å². The third kappa shape index (κ3) is 15.7. The molecule has 5 atom stereocenters. The van der Waals surface area contributed by atoms with E-state index in [0.717, 1.165) is 23.8 Å². The number of alkyl halides is 1. The maximum Gasteiger partial charge on any atom is 0.472 e. The molecule has 0 bridgehead atoms. The highest BCUT2D eigenvalue weighted by Crippen LogP contribution is 2.44. The van der Waals surface area contributed by atoms with Crippen LogP contribution in [0.15, 0.2) is 15.8 Å². The van der Waals surface area contributed by atoms with Crippen molar-refractivity contribution in [3.63, 3.8) is 0 Å². The molecule has 1 saturated heterocycles. The van der Waals surface area contributed by atoms with Gasteiger partial charge in [-0.2, -0.15) is 0 Å². The molecular formula is C31H56FN2O9P. The van der Waals surface area contributed by atoms with E-state index in [0.29, 0.717) is 6.61 Å². The molecule has 0 aromatic carbocycles. The van der Waals surface area contributed by atoms with Crippen molar-refractivity contribution in [1.82, 2.24) is 9.55 Å². The van der Waals surface area contributed by atoms with Crippen LogP contribution in [0.2, 0.25) is 0 Å². The van der Waals surface area contributed by atoms with Crippen molar-refractivity contribution in [2.45, 2.75) is 148 Å². The first-order chi connectivity index (χ1) is 21.2. The second kappa shape index (κ2) is 22.2. The number of aromatic nitrogens is 2. The third-order valence-electron chi connectivity index (χ3n) is 8.00. The SMILES string of the molecule is CCCCCCCCCCCCCCCCCCOC(CO)COP(=O)(O)OCC1OC(n2cc(C)c(=O)[nH]c2=O)CC1F. The van der Waals surface area contributed by atoms with Crippen LogP contribution in [-0.2, 0) is 23.1 Å². The third-order valence-corrected chi connectivity index (χ3v) is 8.95. The average molecular weight is 651 g/mol. The van der Waals surface area contributed by atoms with E-state index in [9.17, 15) is 28.5 Å². The van der Waals surface area contributed by atoms with Crippen LogP contribution in [0.1, 0.15) is 128 Å². The standard InChI is InChI=1S/C31H56FN2O9P/c1-3-4-5-6-7-8-9-10-11-12-13-14-15-16-17-18-19-40-26(22-35)23-41-44(38,39)42-24-28-27(32)20-29(43-28)34-21-25(2)30(36)33-31(34)37/h21,26-29,35H,3-20,22-24H2,1-2H3,(H,38,39)(H,33,36,37). The summed E-state index contributed by atoms with van der Waals surface area (Å²) < 4.78 is 48.9. The number of nitrogens with one attached hydrogen (secondary N) is 1. The molecule has 0 aliphatic carbocycles. The van der Waals surface area contributed by atoms with Crippen LogP contribution in [0.5, 0.6) is 0 Å². The van der Waals surface area contributed by atoms with Crippen molar-refractivity contribution in [1.29, 1.82) is 0 Å². The molecule has 256 valence electrons. The molecule has 3 N–H and O–H groups in total. The molecule has 0 amide bonds. The lowest BCUT2D eigenvalue weighted by Gasteiger charge is -2.20. The monoisotopic (exact) mass is 650 g/mol.